The van der Waals surface area contributed by atoms with Crippen LogP contribution in [0, 0.1) is 5.92 Å². The molecule has 2 aromatic carbocycles. The highest BCUT2D eigenvalue weighted by Crippen LogP contribution is 2.31. The molecular formula is C21H26N2O3. The van der Waals surface area contributed by atoms with Crippen LogP contribution in [0.15, 0.2) is 48.5 Å². The molecule has 0 bridgehead atoms. The molecule has 1 heterocycles. The van der Waals surface area contributed by atoms with Gasteiger partial charge in [0.1, 0.15) is 5.75 Å². The Morgan fingerprint density at radius 1 is 1.08 bits per heavy atom. The van der Waals surface area contributed by atoms with Gasteiger partial charge in [-0.25, -0.2) is 4.79 Å². The van der Waals surface area contributed by atoms with Gasteiger partial charge >= 0.3 is 6.09 Å². The smallest absolute Gasteiger partial charge is 0.409 e. The maximum absolute atomic E-state index is 12.1. The monoisotopic (exact) mass is 354 g/mol. The lowest BCUT2D eigenvalue weighted by atomic mass is 10.0. The summed E-state index contributed by atoms with van der Waals surface area (Å²) in [6.45, 7) is 7.35. The summed E-state index contributed by atoms with van der Waals surface area (Å²) in [7, 11) is 0. The molecule has 0 aromatic heterocycles. The molecule has 5 heteroatoms. The molecule has 0 saturated carbocycles. The topological polar surface area (TPSA) is 53.0 Å². The number of piperazine rings is 1. The standard InChI is InChI=1S/C21H26N2O3/c1-16(2)15-26-21(25)23-12-10-22(11-13-23)18-7-5-6-17(14-18)19-8-3-4-9-20(19)24/h3-9,14,16,24H,10-13,15H2,1-2H3. The van der Waals surface area contributed by atoms with Crippen molar-refractivity contribution in [3.05, 3.63) is 48.5 Å². The number of aromatic hydroxyl groups is 1. The molecular weight excluding hydrogens is 328 g/mol. The number of nitrogens with zero attached hydrogens (tertiary/aromatic N) is 2. The number of carbonyl (C=O) groups is 1. The molecule has 138 valence electrons. The fourth-order valence-corrected chi connectivity index (χ4v) is 3.06. The summed E-state index contributed by atoms with van der Waals surface area (Å²) in [5.74, 6) is 0.625. The van der Waals surface area contributed by atoms with Crippen LogP contribution in [0.3, 0.4) is 0 Å². The Kier molecular flexibility index (Phi) is 5.66. The SMILES string of the molecule is CC(C)COC(=O)N1CCN(c2cccc(-c3ccccc3O)c2)CC1. The van der Waals surface area contributed by atoms with E-state index in [1.54, 1.807) is 11.0 Å². The predicted octanol–water partition coefficient (Wildman–Crippen LogP) is 3.97. The van der Waals surface area contributed by atoms with Crippen molar-refractivity contribution in [2.24, 2.45) is 5.92 Å². The van der Waals surface area contributed by atoms with Crippen LogP contribution in [0.25, 0.3) is 11.1 Å². The van der Waals surface area contributed by atoms with Gasteiger partial charge in [0.25, 0.3) is 0 Å². The molecule has 1 aliphatic heterocycles. The molecule has 0 atom stereocenters. The first-order valence-electron chi connectivity index (χ1n) is 9.09. The number of phenols is 1. The summed E-state index contributed by atoms with van der Waals surface area (Å²) in [5.41, 5.74) is 2.91. The first-order valence-corrected chi connectivity index (χ1v) is 9.09. The summed E-state index contributed by atoms with van der Waals surface area (Å²) in [6, 6.07) is 15.5. The maximum atomic E-state index is 12.1. The summed E-state index contributed by atoms with van der Waals surface area (Å²) in [4.78, 5) is 16.1. The average Bonchev–Trinajstić information content (AvgIpc) is 2.66. The second kappa shape index (κ2) is 8.13. The van der Waals surface area contributed by atoms with Gasteiger partial charge in [-0.15, -0.1) is 0 Å². The lowest BCUT2D eigenvalue weighted by Gasteiger charge is -2.35. The Bertz CT molecular complexity index is 752. The van der Waals surface area contributed by atoms with Crippen molar-refractivity contribution in [1.29, 1.82) is 0 Å². The van der Waals surface area contributed by atoms with Crippen molar-refractivity contribution in [3.63, 3.8) is 0 Å². The largest absolute Gasteiger partial charge is 0.507 e. The average molecular weight is 354 g/mol. The number of rotatable bonds is 4. The second-order valence-corrected chi connectivity index (χ2v) is 7.01. The van der Waals surface area contributed by atoms with E-state index in [4.69, 9.17) is 4.74 Å². The van der Waals surface area contributed by atoms with E-state index in [9.17, 15) is 9.90 Å². The molecule has 26 heavy (non-hydrogen) atoms. The minimum absolute atomic E-state index is 0.221. The molecule has 0 spiro atoms. The van der Waals surface area contributed by atoms with E-state index < -0.39 is 0 Å². The fraction of sp³-hybridized carbons (Fsp3) is 0.381. The van der Waals surface area contributed by atoms with E-state index >= 15 is 0 Å². The summed E-state index contributed by atoms with van der Waals surface area (Å²) in [5, 5.41) is 10.1. The first-order chi connectivity index (χ1) is 12.5. The maximum Gasteiger partial charge on any atom is 0.409 e. The van der Waals surface area contributed by atoms with Crippen molar-refractivity contribution < 1.29 is 14.6 Å². The number of ether oxygens (including phenoxy) is 1. The highest BCUT2D eigenvalue weighted by atomic mass is 16.6. The molecule has 2 aromatic rings. The zero-order valence-corrected chi connectivity index (χ0v) is 15.4. The predicted molar refractivity (Wildman–Crippen MR) is 104 cm³/mol. The quantitative estimate of drug-likeness (QED) is 0.902. The van der Waals surface area contributed by atoms with E-state index in [1.165, 1.54) is 0 Å². The van der Waals surface area contributed by atoms with Gasteiger partial charge in [-0.3, -0.25) is 0 Å². The summed E-state index contributed by atoms with van der Waals surface area (Å²) >= 11 is 0. The van der Waals surface area contributed by atoms with Crippen LogP contribution in [-0.4, -0.2) is 48.9 Å². The normalized spacial score (nSPS) is 14.6. The molecule has 1 aliphatic rings. The minimum Gasteiger partial charge on any atom is -0.507 e. The van der Waals surface area contributed by atoms with E-state index in [1.807, 2.05) is 44.2 Å². The number of benzene rings is 2. The zero-order chi connectivity index (χ0) is 18.5. The fourth-order valence-electron chi connectivity index (χ4n) is 3.06. The number of carbonyl (C=O) groups excluding carboxylic acids is 1. The first kappa shape index (κ1) is 18.1. The number of phenolic OH excluding ortho intramolecular Hbond substituents is 1. The van der Waals surface area contributed by atoms with Gasteiger partial charge in [0.05, 0.1) is 6.61 Å². The van der Waals surface area contributed by atoms with Crippen molar-refractivity contribution in [2.75, 3.05) is 37.7 Å². The molecule has 3 rings (SSSR count). The van der Waals surface area contributed by atoms with Crippen LogP contribution in [0.5, 0.6) is 5.75 Å². The van der Waals surface area contributed by atoms with Gasteiger partial charge in [-0.05, 0) is 29.7 Å². The molecule has 1 fully saturated rings. The van der Waals surface area contributed by atoms with E-state index in [2.05, 4.69) is 17.0 Å². The van der Waals surface area contributed by atoms with Crippen LogP contribution >= 0.6 is 0 Å². The zero-order valence-electron chi connectivity index (χ0n) is 15.4. The van der Waals surface area contributed by atoms with Crippen LogP contribution in [0.2, 0.25) is 0 Å². The van der Waals surface area contributed by atoms with Crippen molar-refractivity contribution in [3.8, 4) is 16.9 Å². The van der Waals surface area contributed by atoms with Gasteiger partial charge in [0, 0.05) is 37.4 Å². The number of anilines is 1. The Hall–Kier alpha value is -2.69. The van der Waals surface area contributed by atoms with E-state index in [0.29, 0.717) is 25.6 Å². The van der Waals surface area contributed by atoms with Crippen molar-refractivity contribution >= 4 is 11.8 Å². The molecule has 1 amide bonds. The molecule has 5 nitrogen and oxygen atoms in total. The number of hydrogen-bond donors (Lipinski definition) is 1. The summed E-state index contributed by atoms with van der Waals surface area (Å²) in [6.07, 6.45) is -0.221. The molecule has 1 N–H and O–H groups in total. The van der Waals surface area contributed by atoms with Crippen LogP contribution < -0.4 is 4.90 Å². The highest BCUT2D eigenvalue weighted by Gasteiger charge is 2.22. The second-order valence-electron chi connectivity index (χ2n) is 7.01. The van der Waals surface area contributed by atoms with Crippen LogP contribution in [0.4, 0.5) is 10.5 Å². The Balaban J connectivity index is 1.64. The Labute approximate surface area is 154 Å². The van der Waals surface area contributed by atoms with Gasteiger partial charge in [0.15, 0.2) is 0 Å². The van der Waals surface area contributed by atoms with Gasteiger partial charge in [-0.2, -0.15) is 0 Å². The van der Waals surface area contributed by atoms with Gasteiger partial charge in [-0.1, -0.05) is 44.2 Å². The third-order valence-electron chi connectivity index (χ3n) is 4.50. The lowest BCUT2D eigenvalue weighted by molar-refractivity contribution is 0.0901. The molecule has 0 unspecified atom stereocenters. The summed E-state index contributed by atoms with van der Waals surface area (Å²) < 4.78 is 5.31. The van der Waals surface area contributed by atoms with E-state index in [-0.39, 0.29) is 11.8 Å². The number of hydrogen-bond acceptors (Lipinski definition) is 4. The third-order valence-corrected chi connectivity index (χ3v) is 4.50. The molecule has 0 radical (unpaired) electrons. The third kappa shape index (κ3) is 4.28. The number of para-hydroxylation sites is 1. The van der Waals surface area contributed by atoms with Crippen LogP contribution in [0.1, 0.15) is 13.8 Å². The minimum atomic E-state index is -0.221. The molecule has 0 aliphatic carbocycles. The van der Waals surface area contributed by atoms with Crippen molar-refractivity contribution in [2.45, 2.75) is 13.8 Å². The lowest BCUT2D eigenvalue weighted by Crippen LogP contribution is -2.49. The molecule has 1 saturated heterocycles. The Morgan fingerprint density at radius 3 is 2.50 bits per heavy atom. The van der Waals surface area contributed by atoms with Crippen molar-refractivity contribution in [1.82, 2.24) is 4.90 Å². The van der Waals surface area contributed by atoms with Gasteiger partial charge in [0.2, 0.25) is 0 Å². The Morgan fingerprint density at radius 2 is 1.81 bits per heavy atom. The van der Waals surface area contributed by atoms with E-state index in [0.717, 1.165) is 29.9 Å². The van der Waals surface area contributed by atoms with Gasteiger partial charge < -0.3 is 19.6 Å². The highest BCUT2D eigenvalue weighted by molar-refractivity contribution is 5.73. The van der Waals surface area contributed by atoms with Crippen LogP contribution in [-0.2, 0) is 4.74 Å². The number of amides is 1.